The number of anilines is 3. The number of allylic oxidation sites excluding steroid dienone is 2. The first-order chi connectivity index (χ1) is 22.0. The molecule has 0 amide bonds. The third-order valence-electron chi connectivity index (χ3n) is 11.8. The molecule has 6 heteroatoms. The highest BCUT2D eigenvalue weighted by Crippen LogP contribution is 2.49. The van der Waals surface area contributed by atoms with Crippen molar-refractivity contribution in [2.75, 3.05) is 42.9 Å². The number of Topliss-reactive ketones (excluding diaryl/α,β-unsaturated/α-hetero) is 1. The van der Waals surface area contributed by atoms with Crippen LogP contribution in [0.1, 0.15) is 71.8 Å². The van der Waals surface area contributed by atoms with Crippen LogP contribution >= 0.6 is 0 Å². The third kappa shape index (κ3) is 3.88. The van der Waals surface area contributed by atoms with E-state index >= 15 is 0 Å². The highest BCUT2D eigenvalue weighted by molar-refractivity contribution is 6.53. The second-order valence-corrected chi connectivity index (χ2v) is 14.0. The largest absolute Gasteiger partial charge is 0.506 e. The van der Waals surface area contributed by atoms with E-state index in [-0.39, 0.29) is 22.9 Å². The van der Waals surface area contributed by atoms with E-state index in [1.54, 1.807) is 0 Å². The van der Waals surface area contributed by atoms with Crippen molar-refractivity contribution in [3.63, 3.8) is 0 Å². The summed E-state index contributed by atoms with van der Waals surface area (Å²) in [5.41, 5.74) is 4.77. The molecule has 0 saturated heterocycles. The number of hydrogen-bond acceptors (Lipinski definition) is 5. The van der Waals surface area contributed by atoms with Crippen LogP contribution in [0.2, 0.25) is 0 Å². The second kappa shape index (κ2) is 10.6. The number of benzene rings is 4. The summed E-state index contributed by atoms with van der Waals surface area (Å²) >= 11 is 0. The summed E-state index contributed by atoms with van der Waals surface area (Å²) in [6, 6.07) is 21.0. The molecule has 4 aromatic carbocycles. The SMILES string of the molecule is CCCCC1(C)N(C)c2cccc3c(C4=C(O)/C(=c5/ccc6c7c(cccc57)N(C)C(C)(CCCC)[N+]=6C)C4=O)ccc(c23)N1C. The zero-order valence-corrected chi connectivity index (χ0v) is 28.7. The molecule has 7 rings (SSSR count). The molecule has 6 nitrogen and oxygen atoms in total. The van der Waals surface area contributed by atoms with Gasteiger partial charge in [0.15, 0.2) is 0 Å². The second-order valence-electron chi connectivity index (χ2n) is 14.0. The number of carbonyl (C=O) groups is 1. The van der Waals surface area contributed by atoms with Crippen molar-refractivity contribution in [2.45, 2.75) is 77.5 Å². The molecule has 0 saturated carbocycles. The lowest BCUT2D eigenvalue weighted by Gasteiger charge is -2.52. The highest BCUT2D eigenvalue weighted by atomic mass is 16.3. The molecule has 1 aliphatic carbocycles. The van der Waals surface area contributed by atoms with Gasteiger partial charge in [0.1, 0.15) is 18.5 Å². The van der Waals surface area contributed by atoms with Gasteiger partial charge in [-0.1, -0.05) is 57.0 Å². The first-order valence-electron chi connectivity index (χ1n) is 16.9. The first kappa shape index (κ1) is 30.3. The van der Waals surface area contributed by atoms with Crippen LogP contribution < -0.4 is 29.9 Å². The summed E-state index contributed by atoms with van der Waals surface area (Å²) in [6.45, 7) is 9.09. The molecule has 3 aliphatic rings. The monoisotopic (exact) mass is 615 g/mol. The zero-order valence-electron chi connectivity index (χ0n) is 28.7. The molecule has 0 radical (unpaired) electrons. The number of aliphatic hydroxyl groups is 1. The molecule has 0 aromatic heterocycles. The number of hydrogen-bond donors (Lipinski definition) is 1. The molecule has 1 N–H and O–H groups in total. The van der Waals surface area contributed by atoms with Gasteiger partial charge in [-0.15, -0.1) is 0 Å². The average molecular weight is 616 g/mol. The minimum Gasteiger partial charge on any atom is -0.506 e. The van der Waals surface area contributed by atoms with Crippen LogP contribution in [0.5, 0.6) is 0 Å². The quantitative estimate of drug-likeness (QED) is 0.228. The Kier molecular flexibility index (Phi) is 7.00. The minimum absolute atomic E-state index is 0.0852. The summed E-state index contributed by atoms with van der Waals surface area (Å²) < 4.78 is 2.38. The molecule has 0 fully saturated rings. The highest BCUT2D eigenvalue weighted by Gasteiger charge is 2.44. The molecule has 0 bridgehead atoms. The van der Waals surface area contributed by atoms with Gasteiger partial charge < -0.3 is 19.8 Å². The van der Waals surface area contributed by atoms with Crippen molar-refractivity contribution < 1.29 is 9.90 Å². The van der Waals surface area contributed by atoms with E-state index in [1.807, 2.05) is 12.1 Å². The topological polar surface area (TPSA) is 50.0 Å². The maximum absolute atomic E-state index is 14.2. The van der Waals surface area contributed by atoms with Crippen LogP contribution in [-0.4, -0.2) is 50.4 Å². The van der Waals surface area contributed by atoms with Gasteiger partial charge in [-0.25, -0.2) is 4.58 Å². The molecule has 0 spiro atoms. The summed E-state index contributed by atoms with van der Waals surface area (Å²) in [6.07, 6.45) is 6.68. The molecule has 2 unspecified atom stereocenters. The van der Waals surface area contributed by atoms with Crippen molar-refractivity contribution >= 4 is 55.5 Å². The van der Waals surface area contributed by atoms with E-state index in [1.165, 1.54) is 0 Å². The molecule has 2 atom stereocenters. The zero-order chi connectivity index (χ0) is 32.7. The Hall–Kier alpha value is -4.32. The van der Waals surface area contributed by atoms with E-state index in [2.05, 4.69) is 124 Å². The Morgan fingerprint density at radius 1 is 0.717 bits per heavy atom. The maximum atomic E-state index is 14.2. The average Bonchev–Trinajstić information content (AvgIpc) is 3.07. The summed E-state index contributed by atoms with van der Waals surface area (Å²) in [4.78, 5) is 21.3. The molecule has 238 valence electrons. The van der Waals surface area contributed by atoms with Crippen LogP contribution in [0, 0.1) is 0 Å². The summed E-state index contributed by atoms with van der Waals surface area (Å²) in [5, 5.41) is 17.9. The van der Waals surface area contributed by atoms with Crippen LogP contribution in [-0.2, 0) is 4.79 Å². The minimum atomic E-state index is -0.155. The van der Waals surface area contributed by atoms with Gasteiger partial charge in [0.05, 0.1) is 22.2 Å². The first-order valence-corrected chi connectivity index (χ1v) is 16.9. The normalized spacial score (nSPS) is 23.6. The number of rotatable bonds is 7. The lowest BCUT2D eigenvalue weighted by molar-refractivity contribution is -0.109. The van der Waals surface area contributed by atoms with E-state index in [4.69, 9.17) is 0 Å². The molecule has 46 heavy (non-hydrogen) atoms. The molecule has 2 heterocycles. The number of nitrogens with zero attached hydrogens (tertiary/aromatic N) is 4. The third-order valence-corrected chi connectivity index (χ3v) is 11.8. The summed E-state index contributed by atoms with van der Waals surface area (Å²) in [7, 11) is 8.69. The Labute approximate surface area is 272 Å². The molecule has 4 aromatic rings. The van der Waals surface area contributed by atoms with Gasteiger partial charge in [-0.05, 0) is 72.0 Å². The van der Waals surface area contributed by atoms with E-state index in [0.29, 0.717) is 11.1 Å². The van der Waals surface area contributed by atoms with Crippen molar-refractivity contribution in [2.24, 2.45) is 0 Å². The predicted octanol–water partition coefficient (Wildman–Crippen LogP) is 6.97. The van der Waals surface area contributed by atoms with Crippen molar-refractivity contribution in [3.8, 4) is 0 Å². The smallest absolute Gasteiger partial charge is 0.235 e. The lowest BCUT2D eigenvalue weighted by atomic mass is 9.79. The Bertz CT molecular complexity index is 2100. The van der Waals surface area contributed by atoms with Gasteiger partial charge in [0, 0.05) is 57.3 Å². The fourth-order valence-corrected chi connectivity index (χ4v) is 8.38. The van der Waals surface area contributed by atoms with Crippen LogP contribution in [0.25, 0.3) is 32.7 Å². The van der Waals surface area contributed by atoms with Crippen LogP contribution in [0.3, 0.4) is 0 Å². The van der Waals surface area contributed by atoms with Gasteiger partial charge in [0.2, 0.25) is 16.8 Å². The fraction of sp³-hybridized carbons (Fsp3) is 0.400. The van der Waals surface area contributed by atoms with Crippen LogP contribution in [0.15, 0.2) is 66.4 Å². The number of unbranched alkanes of at least 4 members (excludes halogenated alkanes) is 2. The molecule has 2 aliphatic heterocycles. The number of carbonyl (C=O) groups excluding carboxylic acids is 1. The van der Waals surface area contributed by atoms with Crippen molar-refractivity contribution in [1.82, 2.24) is 4.58 Å². The van der Waals surface area contributed by atoms with Crippen molar-refractivity contribution in [1.29, 1.82) is 0 Å². The van der Waals surface area contributed by atoms with E-state index < -0.39 is 0 Å². The van der Waals surface area contributed by atoms with E-state index in [0.717, 1.165) is 93.3 Å². The number of aliphatic hydroxyl groups excluding tert-OH is 1. The molecular weight excluding hydrogens is 568 g/mol. The molecular formula is C40H47N4O2+. The fourth-order valence-electron chi connectivity index (χ4n) is 8.38. The lowest BCUT2D eigenvalue weighted by Crippen LogP contribution is -2.60. The number of ketones is 1. The summed E-state index contributed by atoms with van der Waals surface area (Å²) in [5.74, 6) is -0.0171. The van der Waals surface area contributed by atoms with Gasteiger partial charge in [-0.2, -0.15) is 0 Å². The maximum Gasteiger partial charge on any atom is 0.235 e. The van der Waals surface area contributed by atoms with Gasteiger partial charge in [-0.3, -0.25) is 4.79 Å². The van der Waals surface area contributed by atoms with Gasteiger partial charge in [0.25, 0.3) is 0 Å². The van der Waals surface area contributed by atoms with Gasteiger partial charge >= 0.3 is 0 Å². The Morgan fingerprint density at radius 3 is 1.98 bits per heavy atom. The van der Waals surface area contributed by atoms with E-state index in [9.17, 15) is 9.90 Å². The van der Waals surface area contributed by atoms with Crippen molar-refractivity contribution in [3.05, 3.63) is 82.6 Å². The predicted molar refractivity (Wildman–Crippen MR) is 193 cm³/mol. The standard InChI is InChI=1S/C40H46N4O2/c1-9-11-23-39(3)41(5)29-17-13-15-25-27(19-21-31(33(25)29)43(39)7)35-37(45)36(38(35)46)28-20-22-32-34-26(28)16-14-18-30(34)42(6)40(4,44(32)8)24-12-10-2/h13-22H,9-12,23-24H2,1-8H3/p+1. The van der Waals surface area contributed by atoms with Crippen LogP contribution in [0.4, 0.5) is 17.1 Å². The Balaban J connectivity index is 1.41. The Morgan fingerprint density at radius 2 is 1.33 bits per heavy atom.